The first-order valence-electron chi connectivity index (χ1n) is 10.1. The first kappa shape index (κ1) is 17.0. The third-order valence-corrected chi connectivity index (χ3v) is 5.57. The number of anilines is 2. The first-order valence-corrected chi connectivity index (χ1v) is 10.1. The zero-order valence-electron chi connectivity index (χ0n) is 15.9. The second kappa shape index (κ2) is 7.47. The Morgan fingerprint density at radius 2 is 1.11 bits per heavy atom. The lowest BCUT2D eigenvalue weighted by Crippen LogP contribution is -2.12. The van der Waals surface area contributed by atoms with Crippen LogP contribution < -0.4 is 10.6 Å². The lowest BCUT2D eigenvalue weighted by Gasteiger charge is -2.18. The molecule has 0 bridgehead atoms. The third-order valence-electron chi connectivity index (χ3n) is 5.57. The van der Waals surface area contributed by atoms with Crippen molar-refractivity contribution >= 4 is 33.2 Å². The molecule has 4 aromatic rings. The number of hydrogen-bond donors (Lipinski definition) is 2. The number of nitrogens with zero attached hydrogens (tertiary/aromatic N) is 2. The molecule has 0 unspecified atom stereocenters. The molecule has 28 heavy (non-hydrogen) atoms. The molecule has 2 aliphatic heterocycles. The van der Waals surface area contributed by atoms with Gasteiger partial charge in [-0.05, 0) is 48.9 Å². The Morgan fingerprint density at radius 1 is 0.607 bits per heavy atom. The van der Waals surface area contributed by atoms with Crippen LogP contribution in [0.25, 0.3) is 21.8 Å². The fourth-order valence-corrected chi connectivity index (χ4v) is 4.17. The molecule has 0 atom stereocenters. The van der Waals surface area contributed by atoms with Gasteiger partial charge in [0.05, 0.1) is 22.4 Å². The number of rotatable bonds is 0. The van der Waals surface area contributed by atoms with Gasteiger partial charge in [0.15, 0.2) is 0 Å². The van der Waals surface area contributed by atoms with Gasteiger partial charge < -0.3 is 10.6 Å². The zero-order valence-corrected chi connectivity index (χ0v) is 15.9. The molecular weight excluding hydrogens is 344 g/mol. The lowest BCUT2D eigenvalue weighted by atomic mass is 10.0. The Bertz CT molecular complexity index is 1040. The van der Waals surface area contributed by atoms with Crippen molar-refractivity contribution in [3.05, 3.63) is 72.1 Å². The van der Waals surface area contributed by atoms with Crippen LogP contribution in [0.15, 0.2) is 60.9 Å². The van der Waals surface area contributed by atoms with Crippen LogP contribution in [0.4, 0.5) is 11.4 Å². The topological polar surface area (TPSA) is 49.8 Å². The molecule has 0 radical (unpaired) electrons. The first-order chi connectivity index (χ1) is 13.9. The highest BCUT2D eigenvalue weighted by Gasteiger charge is 2.12. The molecule has 4 heteroatoms. The molecule has 2 aliphatic rings. The molecule has 0 fully saturated rings. The summed E-state index contributed by atoms with van der Waals surface area (Å²) in [5.74, 6) is 0. The van der Waals surface area contributed by atoms with Gasteiger partial charge in [0.2, 0.25) is 0 Å². The largest absolute Gasteiger partial charge is 0.383 e. The maximum atomic E-state index is 4.43. The summed E-state index contributed by atoms with van der Waals surface area (Å²) in [5.41, 5.74) is 7.53. The molecule has 2 N–H and O–H groups in total. The molecule has 0 saturated heterocycles. The van der Waals surface area contributed by atoms with E-state index in [0.717, 1.165) is 24.1 Å². The highest BCUT2D eigenvalue weighted by molar-refractivity contribution is 5.93. The number of aromatic nitrogens is 2. The average Bonchev–Trinajstić information content (AvgIpc) is 2.79. The summed E-state index contributed by atoms with van der Waals surface area (Å²) in [7, 11) is 0. The fourth-order valence-electron chi connectivity index (χ4n) is 4.17. The predicted molar refractivity (Wildman–Crippen MR) is 117 cm³/mol. The third kappa shape index (κ3) is 3.15. The fraction of sp³-hybridized carbons (Fsp3) is 0.250. The van der Waals surface area contributed by atoms with Gasteiger partial charge in [0, 0.05) is 36.3 Å². The molecule has 0 spiro atoms. The molecule has 2 aromatic heterocycles. The van der Waals surface area contributed by atoms with Crippen LogP contribution in [0.5, 0.6) is 0 Å². The van der Waals surface area contributed by atoms with E-state index in [1.54, 1.807) is 0 Å². The standard InChI is InChI=1S/2C12H12N2/c2*1-3-9-5-6-10-4-2-8-14-12(10)11(9)13-7-1/h2*1,3,5-7,14H,2,4,8H2. The summed E-state index contributed by atoms with van der Waals surface area (Å²) in [6.07, 6.45) is 8.53. The molecule has 140 valence electrons. The predicted octanol–water partition coefficient (Wildman–Crippen LogP) is 5.19. The van der Waals surface area contributed by atoms with Gasteiger partial charge in [-0.2, -0.15) is 0 Å². The Hall–Kier alpha value is -3.14. The van der Waals surface area contributed by atoms with Gasteiger partial charge in [-0.25, -0.2) is 0 Å². The summed E-state index contributed by atoms with van der Waals surface area (Å²) in [6, 6.07) is 16.9. The van der Waals surface area contributed by atoms with Crippen LogP contribution in [0, 0.1) is 0 Å². The van der Waals surface area contributed by atoms with Crippen LogP contribution in [-0.2, 0) is 12.8 Å². The van der Waals surface area contributed by atoms with Crippen LogP contribution >= 0.6 is 0 Å². The molecule has 0 amide bonds. The van der Waals surface area contributed by atoms with Crippen LogP contribution in [-0.4, -0.2) is 23.1 Å². The van der Waals surface area contributed by atoms with E-state index < -0.39 is 0 Å². The SMILES string of the molecule is c1cnc2c3c(ccc2c1)CCCN3.c1cnc2c3c(ccc2c1)CCCN3. The lowest BCUT2D eigenvalue weighted by molar-refractivity contribution is 0.832. The van der Waals surface area contributed by atoms with Crippen molar-refractivity contribution in [3.8, 4) is 0 Å². The van der Waals surface area contributed by atoms with Crippen LogP contribution in [0.3, 0.4) is 0 Å². The van der Waals surface area contributed by atoms with Crippen molar-refractivity contribution in [1.29, 1.82) is 0 Å². The molecule has 0 saturated carbocycles. The maximum Gasteiger partial charge on any atom is 0.0936 e. The number of benzene rings is 2. The summed E-state index contributed by atoms with van der Waals surface area (Å²) in [4.78, 5) is 8.86. The molecule has 4 heterocycles. The Labute approximate surface area is 165 Å². The quantitative estimate of drug-likeness (QED) is 0.449. The number of nitrogens with one attached hydrogen (secondary N) is 2. The maximum absolute atomic E-state index is 4.43. The van der Waals surface area contributed by atoms with E-state index in [9.17, 15) is 0 Å². The van der Waals surface area contributed by atoms with E-state index in [2.05, 4.69) is 57.0 Å². The van der Waals surface area contributed by atoms with Gasteiger partial charge in [0.1, 0.15) is 0 Å². The van der Waals surface area contributed by atoms with Crippen molar-refractivity contribution in [2.45, 2.75) is 25.7 Å². The van der Waals surface area contributed by atoms with Crippen LogP contribution in [0.1, 0.15) is 24.0 Å². The van der Waals surface area contributed by atoms with Crippen molar-refractivity contribution in [3.63, 3.8) is 0 Å². The minimum absolute atomic E-state index is 1.07. The summed E-state index contributed by atoms with van der Waals surface area (Å²) in [6.45, 7) is 2.14. The molecule has 0 aliphatic carbocycles. The summed E-state index contributed by atoms with van der Waals surface area (Å²) >= 11 is 0. The van der Waals surface area contributed by atoms with Crippen molar-refractivity contribution in [2.75, 3.05) is 23.7 Å². The smallest absolute Gasteiger partial charge is 0.0936 e. The Morgan fingerprint density at radius 3 is 1.61 bits per heavy atom. The Balaban J connectivity index is 0.000000122. The number of fused-ring (bicyclic) bond motifs is 6. The van der Waals surface area contributed by atoms with E-state index >= 15 is 0 Å². The monoisotopic (exact) mass is 368 g/mol. The molecule has 2 aromatic carbocycles. The normalized spacial score (nSPS) is 14.9. The van der Waals surface area contributed by atoms with Gasteiger partial charge >= 0.3 is 0 Å². The van der Waals surface area contributed by atoms with Gasteiger partial charge in [0.25, 0.3) is 0 Å². The van der Waals surface area contributed by atoms with E-state index in [0.29, 0.717) is 0 Å². The van der Waals surface area contributed by atoms with Gasteiger partial charge in [-0.3, -0.25) is 9.97 Å². The van der Waals surface area contributed by atoms with Crippen molar-refractivity contribution < 1.29 is 0 Å². The average molecular weight is 368 g/mol. The van der Waals surface area contributed by atoms with Crippen molar-refractivity contribution in [2.24, 2.45) is 0 Å². The summed E-state index contributed by atoms with van der Waals surface area (Å²) in [5, 5.41) is 9.33. The van der Waals surface area contributed by atoms with Crippen LogP contribution in [0.2, 0.25) is 0 Å². The second-order valence-corrected chi connectivity index (χ2v) is 7.41. The summed E-state index contributed by atoms with van der Waals surface area (Å²) < 4.78 is 0. The minimum Gasteiger partial charge on any atom is -0.383 e. The van der Waals surface area contributed by atoms with E-state index in [1.165, 1.54) is 59.0 Å². The number of aryl methyl sites for hydroxylation is 2. The highest BCUT2D eigenvalue weighted by atomic mass is 14.9. The molecule has 4 nitrogen and oxygen atoms in total. The van der Waals surface area contributed by atoms with E-state index in [4.69, 9.17) is 0 Å². The highest BCUT2D eigenvalue weighted by Crippen LogP contribution is 2.30. The molecular formula is C24H24N4. The van der Waals surface area contributed by atoms with Gasteiger partial charge in [-0.1, -0.05) is 36.4 Å². The number of hydrogen-bond acceptors (Lipinski definition) is 4. The van der Waals surface area contributed by atoms with Gasteiger partial charge in [-0.15, -0.1) is 0 Å². The minimum atomic E-state index is 1.07. The number of pyridine rings is 2. The van der Waals surface area contributed by atoms with Crippen molar-refractivity contribution in [1.82, 2.24) is 9.97 Å². The molecule has 6 rings (SSSR count). The Kier molecular flexibility index (Phi) is 4.53. The van der Waals surface area contributed by atoms with E-state index in [-0.39, 0.29) is 0 Å². The van der Waals surface area contributed by atoms with E-state index in [1.807, 2.05) is 24.5 Å². The zero-order chi connectivity index (χ0) is 18.8. The second-order valence-electron chi connectivity index (χ2n) is 7.41.